The van der Waals surface area contributed by atoms with Crippen LogP contribution in [0.15, 0.2) is 18.3 Å². The predicted molar refractivity (Wildman–Crippen MR) is 76.8 cm³/mol. The molecule has 1 aromatic rings. The van der Waals surface area contributed by atoms with E-state index in [1.807, 2.05) is 12.1 Å². The number of piperazine rings is 1. The van der Waals surface area contributed by atoms with Crippen LogP contribution in [0.3, 0.4) is 0 Å². The maximum absolute atomic E-state index is 5.89. The fourth-order valence-electron chi connectivity index (χ4n) is 2.98. The lowest BCUT2D eigenvalue weighted by Gasteiger charge is -2.39. The molecule has 5 heteroatoms. The van der Waals surface area contributed by atoms with Crippen molar-refractivity contribution < 1.29 is 4.74 Å². The SMILES string of the molecule is Clc1ccc(N2CCNC(C3CCOCC3)C2)nc1. The highest BCUT2D eigenvalue weighted by Crippen LogP contribution is 2.23. The zero-order valence-electron chi connectivity index (χ0n) is 11.0. The zero-order chi connectivity index (χ0) is 13.1. The number of nitrogens with one attached hydrogen (secondary N) is 1. The van der Waals surface area contributed by atoms with Crippen molar-refractivity contribution in [3.8, 4) is 0 Å². The Morgan fingerprint density at radius 2 is 2.16 bits per heavy atom. The summed E-state index contributed by atoms with van der Waals surface area (Å²) in [5, 5.41) is 4.34. The molecule has 0 aliphatic carbocycles. The Hall–Kier alpha value is -0.840. The number of pyridine rings is 1. The summed E-state index contributed by atoms with van der Waals surface area (Å²) in [7, 11) is 0. The van der Waals surface area contributed by atoms with Gasteiger partial charge in [-0.1, -0.05) is 11.6 Å². The average Bonchev–Trinajstić information content (AvgIpc) is 2.49. The molecule has 0 radical (unpaired) electrons. The third-order valence-corrected chi connectivity index (χ3v) is 4.30. The van der Waals surface area contributed by atoms with Gasteiger partial charge in [0.1, 0.15) is 5.82 Å². The molecule has 2 aliphatic rings. The van der Waals surface area contributed by atoms with Gasteiger partial charge in [0.2, 0.25) is 0 Å². The summed E-state index contributed by atoms with van der Waals surface area (Å²) in [5.41, 5.74) is 0. The molecule has 0 saturated carbocycles. The van der Waals surface area contributed by atoms with Gasteiger partial charge in [-0.25, -0.2) is 4.98 Å². The van der Waals surface area contributed by atoms with E-state index >= 15 is 0 Å². The van der Waals surface area contributed by atoms with Crippen molar-refractivity contribution in [3.05, 3.63) is 23.4 Å². The summed E-state index contributed by atoms with van der Waals surface area (Å²) in [6, 6.07) is 4.47. The quantitative estimate of drug-likeness (QED) is 0.899. The molecule has 4 nitrogen and oxygen atoms in total. The van der Waals surface area contributed by atoms with Crippen LogP contribution in [0.25, 0.3) is 0 Å². The standard InChI is InChI=1S/C14H20ClN3O/c15-12-1-2-14(17-9-12)18-6-5-16-13(10-18)11-3-7-19-8-4-11/h1-2,9,11,13,16H,3-8,10H2. The van der Waals surface area contributed by atoms with Crippen molar-refractivity contribution in [2.75, 3.05) is 37.7 Å². The molecule has 2 saturated heterocycles. The summed E-state index contributed by atoms with van der Waals surface area (Å²) >= 11 is 5.89. The van der Waals surface area contributed by atoms with E-state index in [1.54, 1.807) is 6.20 Å². The summed E-state index contributed by atoms with van der Waals surface area (Å²) in [4.78, 5) is 6.78. The molecule has 0 bridgehead atoms. The lowest BCUT2D eigenvalue weighted by Crippen LogP contribution is -2.54. The average molecular weight is 282 g/mol. The fourth-order valence-corrected chi connectivity index (χ4v) is 3.09. The molecule has 1 aromatic heterocycles. The number of nitrogens with zero attached hydrogens (tertiary/aromatic N) is 2. The van der Waals surface area contributed by atoms with E-state index in [9.17, 15) is 0 Å². The monoisotopic (exact) mass is 281 g/mol. The molecule has 0 spiro atoms. The number of rotatable bonds is 2. The van der Waals surface area contributed by atoms with Gasteiger partial charge in [-0.05, 0) is 30.9 Å². The Morgan fingerprint density at radius 1 is 1.32 bits per heavy atom. The van der Waals surface area contributed by atoms with Crippen molar-refractivity contribution in [1.82, 2.24) is 10.3 Å². The summed E-state index contributed by atoms with van der Waals surface area (Å²) in [6.45, 7) is 4.87. The third kappa shape index (κ3) is 3.19. The van der Waals surface area contributed by atoms with Crippen molar-refractivity contribution in [1.29, 1.82) is 0 Å². The van der Waals surface area contributed by atoms with Crippen molar-refractivity contribution in [3.63, 3.8) is 0 Å². The van der Waals surface area contributed by atoms with Crippen LogP contribution in [-0.4, -0.2) is 43.9 Å². The van der Waals surface area contributed by atoms with Crippen LogP contribution < -0.4 is 10.2 Å². The topological polar surface area (TPSA) is 37.4 Å². The Balaban J connectivity index is 1.65. The molecule has 1 atom stereocenters. The Labute approximate surface area is 119 Å². The van der Waals surface area contributed by atoms with Crippen LogP contribution in [0, 0.1) is 5.92 Å². The number of halogens is 1. The van der Waals surface area contributed by atoms with Crippen molar-refractivity contribution >= 4 is 17.4 Å². The van der Waals surface area contributed by atoms with Gasteiger partial charge in [-0.15, -0.1) is 0 Å². The van der Waals surface area contributed by atoms with Gasteiger partial charge in [0, 0.05) is 45.1 Å². The molecule has 0 amide bonds. The molecule has 1 N–H and O–H groups in total. The van der Waals surface area contributed by atoms with Crippen LogP contribution in [0.5, 0.6) is 0 Å². The van der Waals surface area contributed by atoms with E-state index in [1.165, 1.54) is 12.8 Å². The molecule has 3 heterocycles. The second-order valence-corrected chi connectivity index (χ2v) is 5.73. The predicted octanol–water partition coefficient (Wildman–Crippen LogP) is 1.94. The molecule has 0 aromatic carbocycles. The maximum atomic E-state index is 5.89. The molecule has 2 aliphatic heterocycles. The van der Waals surface area contributed by atoms with Crippen LogP contribution in [0.2, 0.25) is 5.02 Å². The van der Waals surface area contributed by atoms with E-state index in [0.29, 0.717) is 11.1 Å². The molecule has 3 rings (SSSR count). The lowest BCUT2D eigenvalue weighted by atomic mass is 9.90. The minimum absolute atomic E-state index is 0.551. The third-order valence-electron chi connectivity index (χ3n) is 4.08. The minimum atomic E-state index is 0.551. The van der Waals surface area contributed by atoms with Crippen LogP contribution in [0.1, 0.15) is 12.8 Å². The molecule has 104 valence electrons. The first-order chi connectivity index (χ1) is 9.33. The van der Waals surface area contributed by atoms with Gasteiger partial charge in [-0.2, -0.15) is 0 Å². The van der Waals surface area contributed by atoms with Crippen molar-refractivity contribution in [2.24, 2.45) is 5.92 Å². The van der Waals surface area contributed by atoms with Gasteiger partial charge in [0.05, 0.1) is 5.02 Å². The molecular formula is C14H20ClN3O. The second-order valence-electron chi connectivity index (χ2n) is 5.29. The molecule has 2 fully saturated rings. The van der Waals surface area contributed by atoms with E-state index in [4.69, 9.17) is 16.3 Å². The molecule has 19 heavy (non-hydrogen) atoms. The largest absolute Gasteiger partial charge is 0.381 e. The highest BCUT2D eigenvalue weighted by atomic mass is 35.5. The number of hydrogen-bond donors (Lipinski definition) is 1. The summed E-state index contributed by atoms with van der Waals surface area (Å²) in [5.74, 6) is 1.76. The Kier molecular flexibility index (Phi) is 4.21. The van der Waals surface area contributed by atoms with Gasteiger partial charge in [-0.3, -0.25) is 0 Å². The van der Waals surface area contributed by atoms with Crippen LogP contribution in [0.4, 0.5) is 5.82 Å². The number of ether oxygens (including phenoxy) is 1. The Bertz CT molecular complexity index is 406. The first-order valence-electron chi connectivity index (χ1n) is 7.00. The van der Waals surface area contributed by atoms with Crippen LogP contribution >= 0.6 is 11.6 Å². The number of anilines is 1. The van der Waals surface area contributed by atoms with Gasteiger partial charge in [0.15, 0.2) is 0 Å². The van der Waals surface area contributed by atoms with Gasteiger partial charge < -0.3 is 15.0 Å². The normalized spacial score (nSPS) is 25.5. The Morgan fingerprint density at radius 3 is 2.89 bits per heavy atom. The number of hydrogen-bond acceptors (Lipinski definition) is 4. The zero-order valence-corrected chi connectivity index (χ0v) is 11.8. The van der Waals surface area contributed by atoms with Gasteiger partial charge in [0.25, 0.3) is 0 Å². The fraction of sp³-hybridized carbons (Fsp3) is 0.643. The lowest BCUT2D eigenvalue weighted by molar-refractivity contribution is 0.0532. The minimum Gasteiger partial charge on any atom is -0.381 e. The van der Waals surface area contributed by atoms with E-state index < -0.39 is 0 Å². The number of aromatic nitrogens is 1. The highest BCUT2D eigenvalue weighted by molar-refractivity contribution is 6.30. The first kappa shape index (κ1) is 13.2. The van der Waals surface area contributed by atoms with Crippen LogP contribution in [-0.2, 0) is 4.74 Å². The summed E-state index contributed by atoms with van der Waals surface area (Å²) in [6.07, 6.45) is 4.06. The molecule has 1 unspecified atom stereocenters. The second kappa shape index (κ2) is 6.07. The highest BCUT2D eigenvalue weighted by Gasteiger charge is 2.28. The first-order valence-corrected chi connectivity index (χ1v) is 7.38. The van der Waals surface area contributed by atoms with Crippen molar-refractivity contribution in [2.45, 2.75) is 18.9 Å². The smallest absolute Gasteiger partial charge is 0.128 e. The van der Waals surface area contributed by atoms with E-state index in [2.05, 4.69) is 15.2 Å². The molecular weight excluding hydrogens is 262 g/mol. The summed E-state index contributed by atoms with van der Waals surface area (Å²) < 4.78 is 5.45. The maximum Gasteiger partial charge on any atom is 0.128 e. The van der Waals surface area contributed by atoms with Gasteiger partial charge >= 0.3 is 0 Å². The van der Waals surface area contributed by atoms with E-state index in [-0.39, 0.29) is 0 Å². The van der Waals surface area contributed by atoms with E-state index in [0.717, 1.165) is 44.6 Å².